The van der Waals surface area contributed by atoms with Crippen molar-refractivity contribution in [3.8, 4) is 0 Å². The van der Waals surface area contributed by atoms with Crippen molar-refractivity contribution < 1.29 is 4.74 Å². The average Bonchev–Trinajstić information content (AvgIpc) is 3.34. The second-order valence-corrected chi connectivity index (χ2v) is 6.98. The summed E-state index contributed by atoms with van der Waals surface area (Å²) < 4.78 is 5.69. The number of nitrogens with one attached hydrogen (secondary N) is 1. The molecule has 0 aromatic heterocycles. The first-order valence-electron chi connectivity index (χ1n) is 9.27. The van der Waals surface area contributed by atoms with Crippen molar-refractivity contribution in [3.63, 3.8) is 0 Å². The molecular formula is C18H39IN4O. The smallest absolute Gasteiger partial charge is 0.193 e. The number of unbranched alkanes of at least 4 members (excludes halogenated alkanes) is 4. The van der Waals surface area contributed by atoms with Crippen LogP contribution in [0.2, 0.25) is 0 Å². The molecule has 0 unspecified atom stereocenters. The van der Waals surface area contributed by atoms with E-state index in [0.717, 1.165) is 38.2 Å². The number of nitrogens with zero attached hydrogens (tertiary/aromatic N) is 3. The first-order valence-corrected chi connectivity index (χ1v) is 9.27. The molecule has 1 fully saturated rings. The molecule has 0 amide bonds. The molecule has 0 spiro atoms. The fourth-order valence-corrected chi connectivity index (χ4v) is 2.51. The molecule has 5 nitrogen and oxygen atoms in total. The van der Waals surface area contributed by atoms with Gasteiger partial charge < -0.3 is 19.9 Å². The van der Waals surface area contributed by atoms with Gasteiger partial charge in [0, 0.05) is 33.8 Å². The Balaban J connectivity index is 0.00000529. The van der Waals surface area contributed by atoms with E-state index in [1.165, 1.54) is 51.5 Å². The first-order chi connectivity index (χ1) is 11.1. The summed E-state index contributed by atoms with van der Waals surface area (Å²) in [5.41, 5.74) is 0. The van der Waals surface area contributed by atoms with E-state index in [2.05, 4.69) is 41.3 Å². The van der Waals surface area contributed by atoms with Crippen molar-refractivity contribution in [1.82, 2.24) is 15.1 Å². The van der Waals surface area contributed by atoms with Crippen molar-refractivity contribution in [3.05, 3.63) is 0 Å². The molecule has 24 heavy (non-hydrogen) atoms. The number of ether oxygens (including phenoxy) is 1. The highest BCUT2D eigenvalue weighted by Gasteiger charge is 2.21. The SMILES string of the molecule is CN=C(NCCCCCCCN(C)C)N(C)CCOCC1CC1.I. The van der Waals surface area contributed by atoms with Gasteiger partial charge in [0.1, 0.15) is 0 Å². The quantitative estimate of drug-likeness (QED) is 0.201. The summed E-state index contributed by atoms with van der Waals surface area (Å²) in [6.45, 7) is 4.84. The maximum atomic E-state index is 5.69. The molecule has 1 aliphatic rings. The Hall–Kier alpha value is -0.0800. The lowest BCUT2D eigenvalue weighted by Gasteiger charge is -2.22. The van der Waals surface area contributed by atoms with Gasteiger partial charge >= 0.3 is 0 Å². The normalized spacial score (nSPS) is 14.6. The van der Waals surface area contributed by atoms with Crippen molar-refractivity contribution in [2.24, 2.45) is 10.9 Å². The van der Waals surface area contributed by atoms with E-state index in [0.29, 0.717) is 0 Å². The highest BCUT2D eigenvalue weighted by Crippen LogP contribution is 2.28. The highest BCUT2D eigenvalue weighted by molar-refractivity contribution is 14.0. The van der Waals surface area contributed by atoms with Crippen LogP contribution >= 0.6 is 24.0 Å². The minimum atomic E-state index is 0. The van der Waals surface area contributed by atoms with Gasteiger partial charge in [0.25, 0.3) is 0 Å². The van der Waals surface area contributed by atoms with Gasteiger partial charge in [0.15, 0.2) is 5.96 Å². The summed E-state index contributed by atoms with van der Waals surface area (Å²) in [5.74, 6) is 1.82. The minimum Gasteiger partial charge on any atom is -0.379 e. The summed E-state index contributed by atoms with van der Waals surface area (Å²) in [6, 6.07) is 0. The van der Waals surface area contributed by atoms with Crippen molar-refractivity contribution in [2.75, 3.05) is 61.0 Å². The molecule has 1 saturated carbocycles. The number of hydrogen-bond donors (Lipinski definition) is 1. The van der Waals surface area contributed by atoms with Crippen LogP contribution in [0, 0.1) is 5.92 Å². The number of likely N-dealkylation sites (N-methyl/N-ethyl adjacent to an activating group) is 1. The summed E-state index contributed by atoms with van der Waals surface area (Å²) >= 11 is 0. The molecule has 0 bridgehead atoms. The molecule has 1 rings (SSSR count). The summed E-state index contributed by atoms with van der Waals surface area (Å²) in [6.07, 6.45) is 9.21. The van der Waals surface area contributed by atoms with Gasteiger partial charge in [-0.15, -0.1) is 24.0 Å². The summed E-state index contributed by atoms with van der Waals surface area (Å²) in [7, 11) is 8.22. The van der Waals surface area contributed by atoms with E-state index in [1.807, 2.05) is 7.05 Å². The number of rotatable bonds is 13. The van der Waals surface area contributed by atoms with Gasteiger partial charge in [0.05, 0.1) is 6.61 Å². The van der Waals surface area contributed by atoms with E-state index < -0.39 is 0 Å². The van der Waals surface area contributed by atoms with E-state index in [-0.39, 0.29) is 24.0 Å². The Labute approximate surface area is 166 Å². The summed E-state index contributed by atoms with van der Waals surface area (Å²) in [5, 5.41) is 3.45. The van der Waals surface area contributed by atoms with Crippen LogP contribution in [0.15, 0.2) is 4.99 Å². The zero-order valence-electron chi connectivity index (χ0n) is 16.2. The molecule has 144 valence electrons. The van der Waals surface area contributed by atoms with Gasteiger partial charge in [-0.2, -0.15) is 0 Å². The second-order valence-electron chi connectivity index (χ2n) is 6.98. The minimum absolute atomic E-state index is 0. The maximum Gasteiger partial charge on any atom is 0.193 e. The molecule has 0 saturated heterocycles. The van der Waals surface area contributed by atoms with Gasteiger partial charge in [-0.1, -0.05) is 19.3 Å². The van der Waals surface area contributed by atoms with Gasteiger partial charge in [-0.25, -0.2) is 0 Å². The van der Waals surface area contributed by atoms with Crippen LogP contribution in [0.4, 0.5) is 0 Å². The lowest BCUT2D eigenvalue weighted by Crippen LogP contribution is -2.40. The van der Waals surface area contributed by atoms with E-state index in [4.69, 9.17) is 4.74 Å². The van der Waals surface area contributed by atoms with E-state index in [1.54, 1.807) is 0 Å². The van der Waals surface area contributed by atoms with Crippen LogP contribution in [-0.2, 0) is 4.74 Å². The first kappa shape index (κ1) is 23.9. The number of guanidine groups is 1. The third kappa shape index (κ3) is 13.2. The fraction of sp³-hybridized carbons (Fsp3) is 0.944. The lowest BCUT2D eigenvalue weighted by molar-refractivity contribution is 0.115. The third-order valence-corrected chi connectivity index (χ3v) is 4.26. The standard InChI is InChI=1S/C18H38N4O.HI/c1-19-18(22(4)14-15-23-16-17-10-11-17)20-12-8-6-5-7-9-13-21(2)3;/h17H,5-16H2,1-4H3,(H,19,20);1H. The van der Waals surface area contributed by atoms with Crippen LogP contribution in [-0.4, -0.2) is 76.8 Å². The highest BCUT2D eigenvalue weighted by atomic mass is 127. The molecule has 1 N–H and O–H groups in total. The Morgan fingerprint density at radius 1 is 1.04 bits per heavy atom. The van der Waals surface area contributed by atoms with E-state index in [9.17, 15) is 0 Å². The molecular weight excluding hydrogens is 415 g/mol. The topological polar surface area (TPSA) is 40.1 Å². The molecule has 6 heteroatoms. The van der Waals surface area contributed by atoms with Crippen LogP contribution < -0.4 is 5.32 Å². The molecule has 0 aliphatic heterocycles. The average molecular weight is 454 g/mol. The second kappa shape index (κ2) is 15.2. The molecule has 0 radical (unpaired) electrons. The third-order valence-electron chi connectivity index (χ3n) is 4.26. The van der Waals surface area contributed by atoms with Crippen LogP contribution in [0.5, 0.6) is 0 Å². The van der Waals surface area contributed by atoms with Crippen LogP contribution in [0.3, 0.4) is 0 Å². The molecule has 0 aromatic carbocycles. The Morgan fingerprint density at radius 3 is 2.33 bits per heavy atom. The molecule has 0 heterocycles. The van der Waals surface area contributed by atoms with Gasteiger partial charge in [-0.3, -0.25) is 4.99 Å². The zero-order chi connectivity index (χ0) is 16.9. The number of aliphatic imine (C=N–C) groups is 1. The maximum absolute atomic E-state index is 5.69. The number of halogens is 1. The monoisotopic (exact) mass is 454 g/mol. The van der Waals surface area contributed by atoms with Crippen LogP contribution in [0.1, 0.15) is 44.9 Å². The predicted octanol–water partition coefficient (Wildman–Crippen LogP) is 3.05. The van der Waals surface area contributed by atoms with E-state index >= 15 is 0 Å². The predicted molar refractivity (Wildman–Crippen MR) is 115 cm³/mol. The van der Waals surface area contributed by atoms with Crippen molar-refractivity contribution in [1.29, 1.82) is 0 Å². The van der Waals surface area contributed by atoms with Crippen molar-refractivity contribution >= 4 is 29.9 Å². The zero-order valence-corrected chi connectivity index (χ0v) is 18.6. The van der Waals surface area contributed by atoms with Crippen molar-refractivity contribution in [2.45, 2.75) is 44.9 Å². The van der Waals surface area contributed by atoms with Gasteiger partial charge in [0.2, 0.25) is 0 Å². The van der Waals surface area contributed by atoms with Gasteiger partial charge in [-0.05, 0) is 52.2 Å². The molecule has 0 atom stereocenters. The lowest BCUT2D eigenvalue weighted by atomic mass is 10.1. The Kier molecular flexibility index (Phi) is 15.1. The largest absolute Gasteiger partial charge is 0.379 e. The summed E-state index contributed by atoms with van der Waals surface area (Å²) in [4.78, 5) is 8.77. The number of hydrogen-bond acceptors (Lipinski definition) is 3. The Bertz CT molecular complexity index is 322. The molecule has 0 aromatic rings. The molecule has 1 aliphatic carbocycles. The van der Waals surface area contributed by atoms with Crippen LogP contribution in [0.25, 0.3) is 0 Å². The fourth-order valence-electron chi connectivity index (χ4n) is 2.51. The Morgan fingerprint density at radius 2 is 1.71 bits per heavy atom.